The van der Waals surface area contributed by atoms with E-state index in [1.165, 1.54) is 0 Å². The molecule has 0 saturated carbocycles. The van der Waals surface area contributed by atoms with E-state index in [9.17, 15) is 10.1 Å². The number of rotatable bonds is 4. The van der Waals surface area contributed by atoms with Crippen LogP contribution in [0.4, 0.5) is 4.79 Å². The monoisotopic (exact) mass is 315 g/mol. The molecule has 0 bridgehead atoms. The first kappa shape index (κ1) is 16.7. The van der Waals surface area contributed by atoms with Gasteiger partial charge in [0.05, 0.1) is 12.6 Å². The number of carbonyl (C=O) groups is 1. The second-order valence-electron chi connectivity index (χ2n) is 6.11. The molecule has 1 aromatic heterocycles. The molecule has 0 spiro atoms. The lowest BCUT2D eigenvalue weighted by atomic mass is 10.2. The van der Waals surface area contributed by atoms with Crippen LogP contribution in [0.15, 0.2) is 24.3 Å². The fourth-order valence-corrected chi connectivity index (χ4v) is 2.35. The third-order valence-electron chi connectivity index (χ3n) is 3.24. The van der Waals surface area contributed by atoms with E-state index in [1.807, 2.05) is 43.5 Å². The zero-order valence-electron chi connectivity index (χ0n) is 13.8. The zero-order valence-corrected chi connectivity index (χ0v) is 13.8. The summed E-state index contributed by atoms with van der Waals surface area (Å²) in [4.78, 5) is 11.7. The van der Waals surface area contributed by atoms with Gasteiger partial charge in [0.25, 0.3) is 0 Å². The van der Waals surface area contributed by atoms with Crippen LogP contribution in [0, 0.1) is 11.3 Å². The van der Waals surface area contributed by atoms with Crippen LogP contribution in [-0.4, -0.2) is 29.9 Å². The standard InChI is InChI=1S/C17H21N3O3/c1-17(2,3)23-16(21)19-8-9-20-12(11-18)10-13-14(20)6-5-7-15(13)22-4/h5-7,10H,8-9H2,1-4H3,(H,19,21). The van der Waals surface area contributed by atoms with Crippen molar-refractivity contribution in [2.75, 3.05) is 13.7 Å². The van der Waals surface area contributed by atoms with Gasteiger partial charge in [-0.1, -0.05) is 6.07 Å². The predicted molar refractivity (Wildman–Crippen MR) is 87.4 cm³/mol. The van der Waals surface area contributed by atoms with Crippen molar-refractivity contribution < 1.29 is 14.3 Å². The molecule has 6 nitrogen and oxygen atoms in total. The Morgan fingerprint density at radius 1 is 1.39 bits per heavy atom. The molecule has 1 aromatic carbocycles. The Morgan fingerprint density at radius 2 is 2.13 bits per heavy atom. The van der Waals surface area contributed by atoms with Crippen LogP contribution in [0.25, 0.3) is 10.9 Å². The molecule has 122 valence electrons. The number of amides is 1. The molecule has 6 heteroatoms. The van der Waals surface area contributed by atoms with Gasteiger partial charge in [0, 0.05) is 18.5 Å². The highest BCUT2D eigenvalue weighted by Crippen LogP contribution is 2.28. The van der Waals surface area contributed by atoms with E-state index in [-0.39, 0.29) is 0 Å². The third-order valence-corrected chi connectivity index (χ3v) is 3.24. The molecule has 0 fully saturated rings. The summed E-state index contributed by atoms with van der Waals surface area (Å²) in [6.45, 7) is 6.27. The van der Waals surface area contributed by atoms with Crippen LogP contribution >= 0.6 is 0 Å². The van der Waals surface area contributed by atoms with Crippen molar-refractivity contribution in [1.82, 2.24) is 9.88 Å². The topological polar surface area (TPSA) is 76.3 Å². The van der Waals surface area contributed by atoms with Crippen molar-refractivity contribution in [2.45, 2.75) is 32.9 Å². The van der Waals surface area contributed by atoms with Crippen molar-refractivity contribution in [3.8, 4) is 11.8 Å². The van der Waals surface area contributed by atoms with Crippen molar-refractivity contribution in [1.29, 1.82) is 5.26 Å². The minimum atomic E-state index is -0.532. The number of carbonyl (C=O) groups excluding carboxylic acids is 1. The molecule has 0 aliphatic heterocycles. The number of hydrogen-bond donors (Lipinski definition) is 1. The van der Waals surface area contributed by atoms with Crippen molar-refractivity contribution in [2.24, 2.45) is 0 Å². The molecule has 0 unspecified atom stereocenters. The Kier molecular flexibility index (Phi) is 4.80. The van der Waals surface area contributed by atoms with Gasteiger partial charge < -0.3 is 19.4 Å². The third kappa shape index (κ3) is 3.95. The number of nitriles is 1. The van der Waals surface area contributed by atoms with E-state index in [0.717, 1.165) is 16.7 Å². The summed E-state index contributed by atoms with van der Waals surface area (Å²) in [7, 11) is 1.60. The molecule has 1 heterocycles. The Balaban J connectivity index is 2.14. The number of ether oxygens (including phenoxy) is 2. The molecule has 0 saturated heterocycles. The first-order valence-corrected chi connectivity index (χ1v) is 7.39. The first-order chi connectivity index (χ1) is 10.9. The van der Waals surface area contributed by atoms with Gasteiger partial charge in [0.15, 0.2) is 0 Å². The minimum Gasteiger partial charge on any atom is -0.496 e. The van der Waals surface area contributed by atoms with E-state index >= 15 is 0 Å². The van der Waals surface area contributed by atoms with Crippen LogP contribution in [0.1, 0.15) is 26.5 Å². The van der Waals surface area contributed by atoms with Crippen molar-refractivity contribution in [3.63, 3.8) is 0 Å². The summed E-state index contributed by atoms with van der Waals surface area (Å²) < 4.78 is 12.4. The fourth-order valence-electron chi connectivity index (χ4n) is 2.35. The zero-order chi connectivity index (χ0) is 17.0. The predicted octanol–water partition coefficient (Wildman–Crippen LogP) is 3.05. The Bertz CT molecular complexity index is 751. The van der Waals surface area contributed by atoms with Crippen molar-refractivity contribution >= 4 is 17.0 Å². The van der Waals surface area contributed by atoms with Gasteiger partial charge in [0.2, 0.25) is 0 Å². The van der Waals surface area contributed by atoms with Gasteiger partial charge in [-0.15, -0.1) is 0 Å². The van der Waals surface area contributed by atoms with Gasteiger partial charge in [0.1, 0.15) is 23.1 Å². The van der Waals surface area contributed by atoms with Crippen LogP contribution in [0.5, 0.6) is 5.75 Å². The molecule has 0 aliphatic carbocycles. The highest BCUT2D eigenvalue weighted by molar-refractivity contribution is 5.88. The quantitative estimate of drug-likeness (QED) is 0.941. The van der Waals surface area contributed by atoms with Gasteiger partial charge in [-0.25, -0.2) is 4.79 Å². The van der Waals surface area contributed by atoms with E-state index in [1.54, 1.807) is 13.2 Å². The molecule has 1 N–H and O–H groups in total. The summed E-state index contributed by atoms with van der Waals surface area (Å²) in [6.07, 6.45) is -0.468. The number of nitrogens with zero attached hydrogens (tertiary/aromatic N) is 2. The number of methoxy groups -OCH3 is 1. The second kappa shape index (κ2) is 6.61. The Hall–Kier alpha value is -2.68. The van der Waals surface area contributed by atoms with Gasteiger partial charge in [-0.05, 0) is 39.0 Å². The van der Waals surface area contributed by atoms with Gasteiger partial charge in [-0.3, -0.25) is 0 Å². The first-order valence-electron chi connectivity index (χ1n) is 7.39. The highest BCUT2D eigenvalue weighted by Gasteiger charge is 2.16. The molecule has 23 heavy (non-hydrogen) atoms. The van der Waals surface area contributed by atoms with Crippen LogP contribution in [0.2, 0.25) is 0 Å². The normalized spacial score (nSPS) is 11.1. The summed E-state index contributed by atoms with van der Waals surface area (Å²) in [5.74, 6) is 0.720. The van der Waals surface area contributed by atoms with Crippen LogP contribution < -0.4 is 10.1 Å². The molecule has 2 rings (SSSR count). The molecule has 0 radical (unpaired) electrons. The van der Waals surface area contributed by atoms with Crippen LogP contribution in [-0.2, 0) is 11.3 Å². The van der Waals surface area contributed by atoms with E-state index in [4.69, 9.17) is 9.47 Å². The smallest absolute Gasteiger partial charge is 0.407 e. The average molecular weight is 315 g/mol. The minimum absolute atomic E-state index is 0.366. The number of hydrogen-bond acceptors (Lipinski definition) is 4. The largest absolute Gasteiger partial charge is 0.496 e. The van der Waals surface area contributed by atoms with Crippen molar-refractivity contribution in [3.05, 3.63) is 30.0 Å². The summed E-state index contributed by atoms with van der Waals surface area (Å²) in [5.41, 5.74) is 0.887. The number of fused-ring (bicyclic) bond motifs is 1. The maximum Gasteiger partial charge on any atom is 0.407 e. The van der Waals surface area contributed by atoms with E-state index in [0.29, 0.717) is 18.8 Å². The number of nitrogens with one attached hydrogen (secondary N) is 1. The molecular formula is C17H21N3O3. The maximum atomic E-state index is 11.7. The fraction of sp³-hybridized carbons (Fsp3) is 0.412. The Labute approximate surface area is 135 Å². The van der Waals surface area contributed by atoms with E-state index in [2.05, 4.69) is 11.4 Å². The molecule has 0 atom stereocenters. The summed E-state index contributed by atoms with van der Waals surface area (Å²) in [5, 5.41) is 12.9. The number of aromatic nitrogens is 1. The average Bonchev–Trinajstić information content (AvgIpc) is 2.83. The van der Waals surface area contributed by atoms with Crippen LogP contribution in [0.3, 0.4) is 0 Å². The second-order valence-corrected chi connectivity index (χ2v) is 6.11. The van der Waals surface area contributed by atoms with Gasteiger partial charge >= 0.3 is 6.09 Å². The SMILES string of the molecule is COc1cccc2c1cc(C#N)n2CCNC(=O)OC(C)(C)C. The molecule has 2 aromatic rings. The molecule has 0 aliphatic rings. The highest BCUT2D eigenvalue weighted by atomic mass is 16.6. The van der Waals surface area contributed by atoms with Gasteiger partial charge in [-0.2, -0.15) is 5.26 Å². The molecular weight excluding hydrogens is 294 g/mol. The lowest BCUT2D eigenvalue weighted by Gasteiger charge is -2.19. The lowest BCUT2D eigenvalue weighted by molar-refractivity contribution is 0.0526. The van der Waals surface area contributed by atoms with E-state index < -0.39 is 11.7 Å². The lowest BCUT2D eigenvalue weighted by Crippen LogP contribution is -2.34. The maximum absolute atomic E-state index is 11.7. The number of benzene rings is 1. The Morgan fingerprint density at radius 3 is 2.74 bits per heavy atom. The summed E-state index contributed by atoms with van der Waals surface area (Å²) in [6, 6.07) is 9.62. The number of alkyl carbamates (subject to hydrolysis) is 1. The molecule has 1 amide bonds. The summed E-state index contributed by atoms with van der Waals surface area (Å²) >= 11 is 0.